The van der Waals surface area contributed by atoms with E-state index in [-0.39, 0.29) is 6.54 Å². The van der Waals surface area contributed by atoms with Gasteiger partial charge in [0.05, 0.1) is 6.10 Å². The van der Waals surface area contributed by atoms with Crippen LogP contribution in [0.25, 0.3) is 0 Å². The van der Waals surface area contributed by atoms with Crippen molar-refractivity contribution < 1.29 is 9.50 Å². The van der Waals surface area contributed by atoms with Crippen LogP contribution in [-0.4, -0.2) is 11.7 Å². The number of rotatable bonds is 2. The van der Waals surface area contributed by atoms with Crippen LogP contribution in [0.1, 0.15) is 11.7 Å². The maximum absolute atomic E-state index is 12.6. The molecule has 2 nitrogen and oxygen atoms in total. The van der Waals surface area contributed by atoms with Gasteiger partial charge in [-0.2, -0.15) is 0 Å². The Morgan fingerprint density at radius 2 is 2.25 bits per heavy atom. The molecule has 0 spiro atoms. The van der Waals surface area contributed by atoms with Crippen molar-refractivity contribution in [1.82, 2.24) is 0 Å². The van der Waals surface area contributed by atoms with E-state index in [0.29, 0.717) is 10.6 Å². The lowest BCUT2D eigenvalue weighted by atomic mass is 10.1. The van der Waals surface area contributed by atoms with Crippen molar-refractivity contribution in [3.63, 3.8) is 0 Å². The quantitative estimate of drug-likeness (QED) is 0.740. The standard InChI is InChI=1S/C8H9ClFNO/c9-7-2-1-5(10)3-6(7)8(12)4-11/h1-3,8,12H,4,11H2. The summed E-state index contributed by atoms with van der Waals surface area (Å²) >= 11 is 5.69. The minimum Gasteiger partial charge on any atom is -0.387 e. The van der Waals surface area contributed by atoms with Gasteiger partial charge in [-0.05, 0) is 18.2 Å². The van der Waals surface area contributed by atoms with Gasteiger partial charge >= 0.3 is 0 Å². The summed E-state index contributed by atoms with van der Waals surface area (Å²) in [6.07, 6.45) is -0.895. The van der Waals surface area contributed by atoms with E-state index in [0.717, 1.165) is 0 Å². The predicted octanol–water partition coefficient (Wildman–Crippen LogP) is 1.47. The van der Waals surface area contributed by atoms with Crippen LogP contribution in [-0.2, 0) is 0 Å². The lowest BCUT2D eigenvalue weighted by Crippen LogP contribution is -2.12. The predicted molar refractivity (Wildman–Crippen MR) is 45.4 cm³/mol. The van der Waals surface area contributed by atoms with Gasteiger partial charge in [-0.15, -0.1) is 0 Å². The molecule has 0 amide bonds. The lowest BCUT2D eigenvalue weighted by Gasteiger charge is -2.09. The Morgan fingerprint density at radius 1 is 1.58 bits per heavy atom. The Hall–Kier alpha value is -0.640. The van der Waals surface area contributed by atoms with Crippen molar-refractivity contribution >= 4 is 11.6 Å². The first-order chi connectivity index (χ1) is 5.65. The molecule has 66 valence electrons. The van der Waals surface area contributed by atoms with E-state index in [1.54, 1.807) is 0 Å². The number of aliphatic hydroxyl groups excluding tert-OH is 1. The molecule has 0 saturated heterocycles. The van der Waals surface area contributed by atoms with Gasteiger partial charge in [-0.25, -0.2) is 4.39 Å². The van der Waals surface area contributed by atoms with E-state index >= 15 is 0 Å². The van der Waals surface area contributed by atoms with E-state index in [1.807, 2.05) is 0 Å². The second-order valence-electron chi connectivity index (χ2n) is 2.42. The molecule has 12 heavy (non-hydrogen) atoms. The normalized spacial score (nSPS) is 13.0. The zero-order valence-corrected chi connectivity index (χ0v) is 7.05. The van der Waals surface area contributed by atoms with Crippen molar-refractivity contribution in [3.8, 4) is 0 Å². The van der Waals surface area contributed by atoms with Gasteiger partial charge in [-0.1, -0.05) is 11.6 Å². The fourth-order valence-electron chi connectivity index (χ4n) is 0.897. The highest BCUT2D eigenvalue weighted by molar-refractivity contribution is 6.31. The number of benzene rings is 1. The molecule has 0 fully saturated rings. The third-order valence-electron chi connectivity index (χ3n) is 1.54. The maximum Gasteiger partial charge on any atom is 0.123 e. The van der Waals surface area contributed by atoms with E-state index in [1.165, 1.54) is 18.2 Å². The van der Waals surface area contributed by atoms with Crippen molar-refractivity contribution in [1.29, 1.82) is 0 Å². The molecule has 4 heteroatoms. The number of halogens is 2. The van der Waals surface area contributed by atoms with Crippen molar-refractivity contribution in [2.45, 2.75) is 6.10 Å². The summed E-state index contributed by atoms with van der Waals surface area (Å²) < 4.78 is 12.6. The van der Waals surface area contributed by atoms with Crippen molar-refractivity contribution in [3.05, 3.63) is 34.6 Å². The largest absolute Gasteiger partial charge is 0.387 e. The van der Waals surface area contributed by atoms with Crippen LogP contribution in [0.2, 0.25) is 5.02 Å². The zero-order valence-electron chi connectivity index (χ0n) is 6.30. The fraction of sp³-hybridized carbons (Fsp3) is 0.250. The Bertz CT molecular complexity index is 280. The summed E-state index contributed by atoms with van der Waals surface area (Å²) in [4.78, 5) is 0. The van der Waals surface area contributed by atoms with E-state index in [9.17, 15) is 9.50 Å². The van der Waals surface area contributed by atoms with Gasteiger partial charge in [0.2, 0.25) is 0 Å². The van der Waals surface area contributed by atoms with Gasteiger partial charge < -0.3 is 10.8 Å². The van der Waals surface area contributed by atoms with Gasteiger partial charge in [0.25, 0.3) is 0 Å². The molecule has 0 aromatic heterocycles. The summed E-state index contributed by atoms with van der Waals surface area (Å²) in [5, 5.41) is 9.59. The molecule has 0 aliphatic rings. The number of nitrogens with two attached hydrogens (primary N) is 1. The number of hydrogen-bond donors (Lipinski definition) is 2. The molecule has 0 heterocycles. The molecule has 1 atom stereocenters. The summed E-state index contributed by atoms with van der Waals surface area (Å²) in [5.74, 6) is -0.429. The van der Waals surface area contributed by atoms with Gasteiger partial charge in [-0.3, -0.25) is 0 Å². The third-order valence-corrected chi connectivity index (χ3v) is 1.88. The van der Waals surface area contributed by atoms with E-state index < -0.39 is 11.9 Å². The molecule has 1 rings (SSSR count). The lowest BCUT2D eigenvalue weighted by molar-refractivity contribution is 0.186. The van der Waals surface area contributed by atoms with Gasteiger partial charge in [0.1, 0.15) is 5.82 Å². The molecule has 0 radical (unpaired) electrons. The summed E-state index contributed by atoms with van der Waals surface area (Å²) in [5.41, 5.74) is 5.52. The third kappa shape index (κ3) is 1.94. The highest BCUT2D eigenvalue weighted by atomic mass is 35.5. The SMILES string of the molecule is NCC(O)c1cc(F)ccc1Cl. The summed E-state index contributed by atoms with van der Waals surface area (Å²) in [6, 6.07) is 3.81. The minimum absolute atomic E-state index is 0.0309. The smallest absolute Gasteiger partial charge is 0.123 e. The van der Waals surface area contributed by atoms with Crippen molar-refractivity contribution in [2.24, 2.45) is 5.73 Å². The molecule has 1 aromatic carbocycles. The van der Waals surface area contributed by atoms with Crippen LogP contribution in [0.15, 0.2) is 18.2 Å². The Kier molecular flexibility index (Phi) is 3.03. The first kappa shape index (κ1) is 9.45. The molecule has 0 saturated carbocycles. The first-order valence-corrected chi connectivity index (χ1v) is 3.86. The number of hydrogen-bond acceptors (Lipinski definition) is 2. The molecule has 1 aromatic rings. The Balaban J connectivity index is 3.04. The molecule has 0 bridgehead atoms. The van der Waals surface area contributed by atoms with Crippen molar-refractivity contribution in [2.75, 3.05) is 6.54 Å². The van der Waals surface area contributed by atoms with E-state index in [4.69, 9.17) is 17.3 Å². The minimum atomic E-state index is -0.895. The molecule has 1 unspecified atom stereocenters. The van der Waals surface area contributed by atoms with Crippen LogP contribution in [0.5, 0.6) is 0 Å². The van der Waals surface area contributed by atoms with Crippen LogP contribution < -0.4 is 5.73 Å². The maximum atomic E-state index is 12.6. The molecular weight excluding hydrogens is 181 g/mol. The highest BCUT2D eigenvalue weighted by Gasteiger charge is 2.09. The van der Waals surface area contributed by atoms with Crippen LogP contribution in [0.3, 0.4) is 0 Å². The Morgan fingerprint density at radius 3 is 2.83 bits per heavy atom. The molecule has 3 N–H and O–H groups in total. The molecule has 0 aliphatic carbocycles. The van der Waals surface area contributed by atoms with Crippen LogP contribution in [0.4, 0.5) is 4.39 Å². The van der Waals surface area contributed by atoms with E-state index in [2.05, 4.69) is 0 Å². The highest BCUT2D eigenvalue weighted by Crippen LogP contribution is 2.22. The topological polar surface area (TPSA) is 46.2 Å². The monoisotopic (exact) mass is 189 g/mol. The summed E-state index contributed by atoms with van der Waals surface area (Å²) in [6.45, 7) is 0.0309. The number of aliphatic hydroxyl groups is 1. The fourth-order valence-corrected chi connectivity index (χ4v) is 1.14. The zero-order chi connectivity index (χ0) is 9.14. The van der Waals surface area contributed by atoms with Crippen LogP contribution >= 0.6 is 11.6 Å². The molecule has 0 aliphatic heterocycles. The molecular formula is C8H9ClFNO. The van der Waals surface area contributed by atoms with Gasteiger partial charge in [0.15, 0.2) is 0 Å². The first-order valence-electron chi connectivity index (χ1n) is 3.48. The summed E-state index contributed by atoms with van der Waals surface area (Å²) in [7, 11) is 0. The average Bonchev–Trinajstić information content (AvgIpc) is 2.08. The second-order valence-corrected chi connectivity index (χ2v) is 2.82. The van der Waals surface area contributed by atoms with Gasteiger partial charge in [0, 0.05) is 17.1 Å². The van der Waals surface area contributed by atoms with Crippen LogP contribution in [0, 0.1) is 5.82 Å². The Labute approximate surface area is 74.8 Å². The average molecular weight is 190 g/mol. The second kappa shape index (κ2) is 3.85.